The molecule has 1 atom stereocenters. The second-order valence-corrected chi connectivity index (χ2v) is 12.6. The molecule has 14 heteroatoms. The molecule has 0 bridgehead atoms. The highest BCUT2D eigenvalue weighted by atomic mass is 79.9. The summed E-state index contributed by atoms with van der Waals surface area (Å²) in [7, 11) is -4.28. The Bertz CT molecular complexity index is 590. The zero-order valence-electron chi connectivity index (χ0n) is 17.1. The highest BCUT2D eigenvalue weighted by molar-refractivity contribution is 9.10. The first kappa shape index (κ1) is 33.5. The van der Waals surface area contributed by atoms with Crippen LogP contribution in [0.2, 0.25) is 0 Å². The molecule has 0 aromatic heterocycles. The van der Waals surface area contributed by atoms with E-state index in [1.807, 2.05) is 0 Å². The number of phosphoric acid groups is 1. The molecular formula is C17H26Br6ClO6P. The first-order chi connectivity index (χ1) is 14.4. The third kappa shape index (κ3) is 11.0. The molecule has 6 nitrogen and oxygen atoms in total. The predicted molar refractivity (Wildman–Crippen MR) is 148 cm³/mol. The normalized spacial score (nSPS) is 14.9. The number of esters is 1. The van der Waals surface area contributed by atoms with Gasteiger partial charge in [-0.1, -0.05) is 109 Å². The second-order valence-electron chi connectivity index (χ2n) is 7.07. The number of halogens is 7. The lowest BCUT2D eigenvalue weighted by Gasteiger charge is -2.34. The molecular weight excluding hydrogens is 846 g/mol. The maximum absolute atomic E-state index is 13.7. The van der Waals surface area contributed by atoms with Gasteiger partial charge < -0.3 is 4.74 Å². The van der Waals surface area contributed by atoms with E-state index < -0.39 is 29.9 Å². The van der Waals surface area contributed by atoms with E-state index in [-0.39, 0.29) is 25.2 Å². The molecule has 1 unspecified atom stereocenters. The average Bonchev–Trinajstić information content (AvgIpc) is 2.76. The third-order valence-corrected chi connectivity index (χ3v) is 13.1. The van der Waals surface area contributed by atoms with Gasteiger partial charge in [-0.25, -0.2) is 13.9 Å². The number of rotatable bonds is 17. The van der Waals surface area contributed by atoms with Crippen LogP contribution in [0.3, 0.4) is 0 Å². The standard InChI is InChI=1S/C17H26Br6ClO6P/c1-4-17(24,29-14(25)13(2)3)30-31(26,27-11-15(5-18,6-19)7-20)28-12-16(8-21,9-22)10-23/h2,4-12H2,1,3H3. The zero-order chi connectivity index (χ0) is 24.3. The Hall–Kier alpha value is 2.49. The van der Waals surface area contributed by atoms with Gasteiger partial charge in [0.25, 0.3) is 0 Å². The summed E-state index contributed by atoms with van der Waals surface area (Å²) in [6.45, 7) is 6.63. The van der Waals surface area contributed by atoms with Crippen molar-refractivity contribution in [3.05, 3.63) is 12.2 Å². The quantitative estimate of drug-likeness (QED) is 0.0487. The van der Waals surface area contributed by atoms with Gasteiger partial charge >= 0.3 is 19.0 Å². The molecule has 0 aliphatic rings. The van der Waals surface area contributed by atoms with Crippen LogP contribution in [0.1, 0.15) is 20.3 Å². The lowest BCUT2D eigenvalue weighted by atomic mass is 9.98. The lowest BCUT2D eigenvalue weighted by molar-refractivity contribution is -0.173. The van der Waals surface area contributed by atoms with Crippen LogP contribution < -0.4 is 0 Å². The van der Waals surface area contributed by atoms with E-state index in [0.717, 1.165) is 0 Å². The van der Waals surface area contributed by atoms with Crippen molar-refractivity contribution in [3.63, 3.8) is 0 Å². The minimum Gasteiger partial charge on any atom is -0.414 e. The van der Waals surface area contributed by atoms with Crippen LogP contribution in [0, 0.1) is 10.8 Å². The molecule has 31 heavy (non-hydrogen) atoms. The molecule has 0 amide bonds. The van der Waals surface area contributed by atoms with E-state index in [4.69, 9.17) is 29.9 Å². The maximum atomic E-state index is 13.7. The van der Waals surface area contributed by atoms with Gasteiger partial charge in [0, 0.05) is 54.8 Å². The molecule has 0 aromatic rings. The Labute approximate surface area is 240 Å². The molecule has 184 valence electrons. The van der Waals surface area contributed by atoms with Crippen LogP contribution in [-0.2, 0) is 27.7 Å². The molecule has 0 fully saturated rings. The van der Waals surface area contributed by atoms with Crippen molar-refractivity contribution in [2.75, 3.05) is 45.2 Å². The highest BCUT2D eigenvalue weighted by Crippen LogP contribution is 2.56. The number of carbonyl (C=O) groups is 1. The molecule has 0 spiro atoms. The van der Waals surface area contributed by atoms with Gasteiger partial charge in [-0.15, -0.1) is 0 Å². The lowest BCUT2D eigenvalue weighted by Crippen LogP contribution is -2.36. The first-order valence-electron chi connectivity index (χ1n) is 8.91. The van der Waals surface area contributed by atoms with Gasteiger partial charge in [-0.2, -0.15) is 0 Å². The smallest absolute Gasteiger partial charge is 0.414 e. The zero-order valence-corrected chi connectivity index (χ0v) is 28.3. The van der Waals surface area contributed by atoms with E-state index in [9.17, 15) is 9.36 Å². The van der Waals surface area contributed by atoms with Crippen molar-refractivity contribution >= 4 is 121 Å². The summed E-state index contributed by atoms with van der Waals surface area (Å²) < 4.78 is 35.8. The highest BCUT2D eigenvalue weighted by Gasteiger charge is 2.45. The molecule has 0 radical (unpaired) electrons. The van der Waals surface area contributed by atoms with E-state index in [0.29, 0.717) is 32.0 Å². The molecule has 0 saturated carbocycles. The Balaban J connectivity index is 5.86. The van der Waals surface area contributed by atoms with Gasteiger partial charge in [-0.05, 0) is 18.5 Å². The first-order valence-corrected chi connectivity index (χ1v) is 17.5. The van der Waals surface area contributed by atoms with Crippen LogP contribution in [0.5, 0.6) is 0 Å². The van der Waals surface area contributed by atoms with Crippen molar-refractivity contribution in [2.45, 2.75) is 25.5 Å². The number of hydrogen-bond acceptors (Lipinski definition) is 6. The van der Waals surface area contributed by atoms with Crippen molar-refractivity contribution in [3.8, 4) is 0 Å². The van der Waals surface area contributed by atoms with Crippen molar-refractivity contribution < 1.29 is 27.7 Å². The molecule has 0 N–H and O–H groups in total. The second kappa shape index (κ2) is 15.6. The summed E-state index contributed by atoms with van der Waals surface area (Å²) >= 11 is 27.1. The summed E-state index contributed by atoms with van der Waals surface area (Å²) in [5, 5.41) is 1.25. The van der Waals surface area contributed by atoms with Crippen molar-refractivity contribution in [2.24, 2.45) is 10.8 Å². The minimum absolute atomic E-state index is 0.00869. The Morgan fingerprint density at radius 1 is 0.903 bits per heavy atom. The fourth-order valence-corrected chi connectivity index (χ4v) is 9.93. The van der Waals surface area contributed by atoms with Crippen LogP contribution in [0.15, 0.2) is 12.2 Å². The van der Waals surface area contributed by atoms with Gasteiger partial charge in [-0.3, -0.25) is 9.05 Å². The minimum atomic E-state index is -4.28. The van der Waals surface area contributed by atoms with Crippen LogP contribution in [0.25, 0.3) is 0 Å². The Morgan fingerprint density at radius 2 is 1.26 bits per heavy atom. The van der Waals surface area contributed by atoms with E-state index in [2.05, 4.69) is 102 Å². The summed E-state index contributed by atoms with van der Waals surface area (Å²) in [5.74, 6) is -0.783. The Morgan fingerprint density at radius 3 is 1.52 bits per heavy atom. The molecule has 0 saturated heterocycles. The summed E-state index contributed by atoms with van der Waals surface area (Å²) in [5.41, 5.74) is -0.752. The fraction of sp³-hybridized carbons (Fsp3) is 0.824. The third-order valence-electron chi connectivity index (χ3n) is 4.02. The molecule has 0 rings (SSSR count). The number of carbonyl (C=O) groups excluding carboxylic acids is 1. The van der Waals surface area contributed by atoms with E-state index in [1.165, 1.54) is 6.92 Å². The fourth-order valence-electron chi connectivity index (χ4n) is 1.52. The number of phosphoric ester groups is 1. The summed E-state index contributed by atoms with van der Waals surface area (Å²) in [6, 6.07) is 0. The average molecular weight is 872 g/mol. The predicted octanol–water partition coefficient (Wildman–Crippen LogP) is 7.91. The van der Waals surface area contributed by atoms with Crippen LogP contribution in [0.4, 0.5) is 0 Å². The van der Waals surface area contributed by atoms with Gasteiger partial charge in [0.1, 0.15) is 0 Å². The van der Waals surface area contributed by atoms with Crippen LogP contribution in [-0.4, -0.2) is 56.4 Å². The molecule has 0 aliphatic heterocycles. The van der Waals surface area contributed by atoms with Crippen molar-refractivity contribution in [1.82, 2.24) is 0 Å². The van der Waals surface area contributed by atoms with Crippen LogP contribution >= 0.6 is 115 Å². The number of alkyl halides is 7. The van der Waals surface area contributed by atoms with Gasteiger partial charge in [0.05, 0.1) is 13.2 Å². The van der Waals surface area contributed by atoms with Gasteiger partial charge in [0.15, 0.2) is 0 Å². The summed E-state index contributed by atoms with van der Waals surface area (Å²) in [4.78, 5) is 12.0. The van der Waals surface area contributed by atoms with E-state index in [1.54, 1.807) is 6.92 Å². The molecule has 0 heterocycles. The topological polar surface area (TPSA) is 71.1 Å². The Kier molecular flexibility index (Phi) is 16.8. The molecule has 0 aliphatic carbocycles. The number of ether oxygens (including phenoxy) is 1. The molecule has 0 aromatic carbocycles. The largest absolute Gasteiger partial charge is 0.479 e. The maximum Gasteiger partial charge on any atom is 0.479 e. The van der Waals surface area contributed by atoms with E-state index >= 15 is 0 Å². The SMILES string of the molecule is C=C(C)C(=O)OC(Cl)(CC)OP(=O)(OCC(CBr)(CBr)CBr)OCC(CBr)(CBr)CBr. The van der Waals surface area contributed by atoms with Crippen molar-refractivity contribution in [1.29, 1.82) is 0 Å². The van der Waals surface area contributed by atoms with Gasteiger partial charge in [0.2, 0.25) is 0 Å². The number of hydrogen-bond donors (Lipinski definition) is 0. The monoisotopic (exact) mass is 866 g/mol. The summed E-state index contributed by atoms with van der Waals surface area (Å²) in [6.07, 6.45) is -0.00869.